The fourth-order valence-corrected chi connectivity index (χ4v) is 2.63. The van der Waals surface area contributed by atoms with E-state index in [9.17, 15) is 4.79 Å². The Bertz CT molecular complexity index is 787. The van der Waals surface area contributed by atoms with E-state index in [0.717, 1.165) is 0 Å². The molecule has 21 heavy (non-hydrogen) atoms. The SMILES string of the molecule is CC1(C)Cc2ncn(-c3ccc(C#N)c(Cl)c3)c2C(=O)O1. The van der Waals surface area contributed by atoms with Gasteiger partial charge in [-0.15, -0.1) is 0 Å². The first-order chi connectivity index (χ1) is 9.91. The van der Waals surface area contributed by atoms with Crippen LogP contribution in [0.15, 0.2) is 24.5 Å². The van der Waals surface area contributed by atoms with Crippen LogP contribution in [0.4, 0.5) is 0 Å². The summed E-state index contributed by atoms with van der Waals surface area (Å²) >= 11 is 6.04. The number of hydrogen-bond acceptors (Lipinski definition) is 4. The predicted molar refractivity (Wildman–Crippen MR) is 76.5 cm³/mol. The molecular formula is C15H12ClN3O2. The molecule has 0 aliphatic carbocycles. The third kappa shape index (κ3) is 2.28. The molecule has 0 N–H and O–H groups in total. The summed E-state index contributed by atoms with van der Waals surface area (Å²) in [5, 5.41) is 9.24. The van der Waals surface area contributed by atoms with E-state index in [1.807, 2.05) is 19.9 Å². The van der Waals surface area contributed by atoms with Crippen LogP contribution >= 0.6 is 11.6 Å². The van der Waals surface area contributed by atoms with Crippen LogP contribution in [0.3, 0.4) is 0 Å². The van der Waals surface area contributed by atoms with Gasteiger partial charge in [-0.25, -0.2) is 9.78 Å². The molecule has 0 unspecified atom stereocenters. The Hall–Kier alpha value is -2.32. The number of aromatic nitrogens is 2. The number of nitriles is 1. The van der Waals surface area contributed by atoms with E-state index in [2.05, 4.69) is 4.98 Å². The van der Waals surface area contributed by atoms with Crippen LogP contribution < -0.4 is 0 Å². The van der Waals surface area contributed by atoms with E-state index in [0.29, 0.717) is 34.1 Å². The van der Waals surface area contributed by atoms with Crippen molar-refractivity contribution in [1.82, 2.24) is 9.55 Å². The minimum atomic E-state index is -0.550. The van der Waals surface area contributed by atoms with Crippen molar-refractivity contribution in [3.05, 3.63) is 46.5 Å². The Labute approximate surface area is 126 Å². The average molecular weight is 302 g/mol. The number of carbonyl (C=O) groups is 1. The summed E-state index contributed by atoms with van der Waals surface area (Å²) in [7, 11) is 0. The van der Waals surface area contributed by atoms with E-state index >= 15 is 0 Å². The Morgan fingerprint density at radius 1 is 1.48 bits per heavy atom. The third-order valence-corrected chi connectivity index (χ3v) is 3.66. The number of cyclic esters (lactones) is 1. The number of imidazole rings is 1. The van der Waals surface area contributed by atoms with Gasteiger partial charge in [0.25, 0.3) is 0 Å². The zero-order chi connectivity index (χ0) is 15.2. The lowest BCUT2D eigenvalue weighted by molar-refractivity contribution is -0.00795. The largest absolute Gasteiger partial charge is 0.455 e. The van der Waals surface area contributed by atoms with Crippen molar-refractivity contribution >= 4 is 17.6 Å². The molecule has 1 aliphatic rings. The van der Waals surface area contributed by atoms with Crippen molar-refractivity contribution in [1.29, 1.82) is 5.26 Å². The molecule has 6 heteroatoms. The van der Waals surface area contributed by atoms with Gasteiger partial charge in [-0.05, 0) is 32.0 Å². The molecule has 0 spiro atoms. The van der Waals surface area contributed by atoms with Crippen molar-refractivity contribution in [2.45, 2.75) is 25.9 Å². The van der Waals surface area contributed by atoms with Gasteiger partial charge in [0, 0.05) is 12.1 Å². The maximum absolute atomic E-state index is 12.2. The molecular weight excluding hydrogens is 290 g/mol. The molecule has 106 valence electrons. The zero-order valence-corrected chi connectivity index (χ0v) is 12.3. The molecule has 1 aromatic heterocycles. The smallest absolute Gasteiger partial charge is 0.357 e. The minimum absolute atomic E-state index is 0.335. The van der Waals surface area contributed by atoms with Gasteiger partial charge in [0.1, 0.15) is 18.0 Å². The molecule has 0 fully saturated rings. The molecule has 0 radical (unpaired) electrons. The highest BCUT2D eigenvalue weighted by atomic mass is 35.5. The summed E-state index contributed by atoms with van der Waals surface area (Å²) in [4.78, 5) is 16.5. The van der Waals surface area contributed by atoms with E-state index < -0.39 is 11.6 Å². The van der Waals surface area contributed by atoms with Crippen molar-refractivity contribution in [2.75, 3.05) is 0 Å². The zero-order valence-electron chi connectivity index (χ0n) is 11.6. The van der Waals surface area contributed by atoms with Crippen molar-refractivity contribution < 1.29 is 9.53 Å². The summed E-state index contributed by atoms with van der Waals surface area (Å²) < 4.78 is 7.05. The van der Waals surface area contributed by atoms with Gasteiger partial charge in [-0.2, -0.15) is 5.26 Å². The first-order valence-electron chi connectivity index (χ1n) is 6.41. The monoisotopic (exact) mass is 301 g/mol. The number of carbonyl (C=O) groups excluding carboxylic acids is 1. The molecule has 2 heterocycles. The molecule has 0 saturated heterocycles. The molecule has 3 rings (SSSR count). The number of rotatable bonds is 1. The molecule has 0 amide bonds. The van der Waals surface area contributed by atoms with Gasteiger partial charge in [-0.1, -0.05) is 11.6 Å². The standard InChI is InChI=1S/C15H12ClN3O2/c1-15(2)6-12-13(14(20)21-15)19(8-18-12)10-4-3-9(7-17)11(16)5-10/h3-5,8H,6H2,1-2H3. The topological polar surface area (TPSA) is 67.9 Å². The minimum Gasteiger partial charge on any atom is -0.455 e. The number of halogens is 1. The number of fused-ring (bicyclic) bond motifs is 1. The van der Waals surface area contributed by atoms with Crippen LogP contribution in [0.1, 0.15) is 35.6 Å². The van der Waals surface area contributed by atoms with Crippen molar-refractivity contribution in [3.8, 4) is 11.8 Å². The Balaban J connectivity index is 2.11. The first-order valence-corrected chi connectivity index (χ1v) is 6.79. The van der Waals surface area contributed by atoms with Crippen LogP contribution in [0.5, 0.6) is 0 Å². The van der Waals surface area contributed by atoms with Crippen LogP contribution in [0.2, 0.25) is 5.02 Å². The summed E-state index contributed by atoms with van der Waals surface area (Å²) in [6.07, 6.45) is 2.14. The lowest BCUT2D eigenvalue weighted by Crippen LogP contribution is -2.36. The third-order valence-electron chi connectivity index (χ3n) is 3.35. The fourth-order valence-electron chi connectivity index (χ4n) is 2.41. The molecule has 1 aromatic carbocycles. The van der Waals surface area contributed by atoms with Gasteiger partial charge in [0.15, 0.2) is 5.69 Å². The fraction of sp³-hybridized carbons (Fsp3) is 0.267. The molecule has 0 atom stereocenters. The van der Waals surface area contributed by atoms with Gasteiger partial charge < -0.3 is 4.74 Å². The second kappa shape index (κ2) is 4.61. The number of nitrogens with zero attached hydrogens (tertiary/aromatic N) is 3. The van der Waals surface area contributed by atoms with Crippen molar-refractivity contribution in [2.24, 2.45) is 0 Å². The summed E-state index contributed by atoms with van der Waals surface area (Å²) in [6, 6.07) is 6.97. The number of esters is 1. The highest BCUT2D eigenvalue weighted by Crippen LogP contribution is 2.29. The van der Waals surface area contributed by atoms with Crippen LogP contribution in [0.25, 0.3) is 5.69 Å². The maximum Gasteiger partial charge on any atom is 0.357 e. The van der Waals surface area contributed by atoms with Gasteiger partial charge >= 0.3 is 5.97 Å². The van der Waals surface area contributed by atoms with Crippen LogP contribution in [-0.4, -0.2) is 21.1 Å². The maximum atomic E-state index is 12.2. The number of hydrogen-bond donors (Lipinski definition) is 0. The molecule has 2 aromatic rings. The molecule has 5 nitrogen and oxygen atoms in total. The Kier molecular flexibility index (Phi) is 2.99. The number of ether oxygens (including phenoxy) is 1. The van der Waals surface area contributed by atoms with E-state index in [4.69, 9.17) is 21.6 Å². The number of benzene rings is 1. The van der Waals surface area contributed by atoms with Crippen LogP contribution in [-0.2, 0) is 11.2 Å². The molecule has 1 aliphatic heterocycles. The summed E-state index contributed by atoms with van der Waals surface area (Å²) in [5.74, 6) is -0.403. The Morgan fingerprint density at radius 2 is 2.24 bits per heavy atom. The van der Waals surface area contributed by atoms with Crippen molar-refractivity contribution in [3.63, 3.8) is 0 Å². The van der Waals surface area contributed by atoms with Crippen LogP contribution in [0, 0.1) is 11.3 Å². The lowest BCUT2D eigenvalue weighted by Gasteiger charge is -2.29. The second-order valence-corrected chi connectivity index (χ2v) is 5.92. The van der Waals surface area contributed by atoms with Gasteiger partial charge in [-0.3, -0.25) is 4.57 Å². The lowest BCUT2D eigenvalue weighted by atomic mass is 9.98. The normalized spacial score (nSPS) is 16.0. The average Bonchev–Trinajstić information content (AvgIpc) is 2.81. The van der Waals surface area contributed by atoms with Gasteiger partial charge in [0.05, 0.1) is 16.3 Å². The molecule has 0 bridgehead atoms. The first kappa shape index (κ1) is 13.7. The van der Waals surface area contributed by atoms with Gasteiger partial charge in [0.2, 0.25) is 0 Å². The highest BCUT2D eigenvalue weighted by molar-refractivity contribution is 6.31. The highest BCUT2D eigenvalue weighted by Gasteiger charge is 2.36. The van der Waals surface area contributed by atoms with E-state index in [-0.39, 0.29) is 0 Å². The summed E-state index contributed by atoms with van der Waals surface area (Å²) in [6.45, 7) is 3.71. The Morgan fingerprint density at radius 3 is 2.90 bits per heavy atom. The predicted octanol–water partition coefficient (Wildman–Crippen LogP) is 2.89. The second-order valence-electron chi connectivity index (χ2n) is 5.51. The molecule has 0 saturated carbocycles. The van der Waals surface area contributed by atoms with E-state index in [1.54, 1.807) is 29.1 Å². The summed E-state index contributed by atoms with van der Waals surface area (Å²) in [5.41, 5.74) is 1.63. The van der Waals surface area contributed by atoms with E-state index in [1.165, 1.54) is 0 Å². The quantitative estimate of drug-likeness (QED) is 0.760.